The minimum Gasteiger partial charge on any atom is -0.466 e. The van der Waals surface area contributed by atoms with Crippen LogP contribution in [0, 0.1) is 12.8 Å². The van der Waals surface area contributed by atoms with Crippen LogP contribution in [0.5, 0.6) is 0 Å². The van der Waals surface area contributed by atoms with E-state index >= 15 is 0 Å². The second-order valence-electron chi connectivity index (χ2n) is 5.30. The van der Waals surface area contributed by atoms with Crippen LogP contribution in [-0.4, -0.2) is 12.6 Å². The standard InChI is InChI=1S/C16H22O2/c1-3-18-16(17)11-13-6-9-15(10-13)14-7-4-12(2)5-8-14/h4-5,7-8,13,15H,3,6,9-11H2,1-2H3/t13?,15-/m1/s1. The lowest BCUT2D eigenvalue weighted by atomic mass is 9.95. The van der Waals surface area contributed by atoms with Gasteiger partial charge in [-0.15, -0.1) is 0 Å². The summed E-state index contributed by atoms with van der Waals surface area (Å²) in [6.45, 7) is 4.47. The zero-order chi connectivity index (χ0) is 13.0. The second kappa shape index (κ2) is 6.03. The van der Waals surface area contributed by atoms with E-state index in [4.69, 9.17) is 4.74 Å². The molecule has 1 aromatic rings. The average Bonchev–Trinajstić information content (AvgIpc) is 2.78. The number of benzene rings is 1. The van der Waals surface area contributed by atoms with E-state index in [-0.39, 0.29) is 5.97 Å². The molecule has 1 saturated carbocycles. The Morgan fingerprint density at radius 2 is 2.00 bits per heavy atom. The molecule has 18 heavy (non-hydrogen) atoms. The maximum atomic E-state index is 11.5. The van der Waals surface area contributed by atoms with Crippen molar-refractivity contribution in [1.82, 2.24) is 0 Å². The Labute approximate surface area is 109 Å². The zero-order valence-corrected chi connectivity index (χ0v) is 11.3. The van der Waals surface area contributed by atoms with Crippen molar-refractivity contribution in [2.45, 2.75) is 45.4 Å². The predicted molar refractivity (Wildman–Crippen MR) is 72.5 cm³/mol. The quantitative estimate of drug-likeness (QED) is 0.755. The summed E-state index contributed by atoms with van der Waals surface area (Å²) >= 11 is 0. The Morgan fingerprint density at radius 1 is 1.28 bits per heavy atom. The lowest BCUT2D eigenvalue weighted by Crippen LogP contribution is -2.09. The molecule has 2 atom stereocenters. The van der Waals surface area contributed by atoms with E-state index < -0.39 is 0 Å². The smallest absolute Gasteiger partial charge is 0.306 e. The van der Waals surface area contributed by atoms with Crippen molar-refractivity contribution in [3.8, 4) is 0 Å². The van der Waals surface area contributed by atoms with Crippen molar-refractivity contribution in [3.63, 3.8) is 0 Å². The number of aryl methyl sites for hydroxylation is 1. The van der Waals surface area contributed by atoms with Gasteiger partial charge in [-0.3, -0.25) is 4.79 Å². The Kier molecular flexibility index (Phi) is 4.40. The summed E-state index contributed by atoms with van der Waals surface area (Å²) in [4.78, 5) is 11.5. The van der Waals surface area contributed by atoms with Gasteiger partial charge >= 0.3 is 5.97 Å². The molecule has 98 valence electrons. The highest BCUT2D eigenvalue weighted by Crippen LogP contribution is 2.39. The van der Waals surface area contributed by atoms with Gasteiger partial charge in [0.2, 0.25) is 0 Å². The summed E-state index contributed by atoms with van der Waals surface area (Å²) < 4.78 is 5.02. The van der Waals surface area contributed by atoms with Gasteiger partial charge in [-0.1, -0.05) is 29.8 Å². The van der Waals surface area contributed by atoms with Gasteiger partial charge in [0.15, 0.2) is 0 Å². The first-order valence-corrected chi connectivity index (χ1v) is 6.91. The number of carbonyl (C=O) groups is 1. The molecule has 0 amide bonds. The summed E-state index contributed by atoms with van der Waals surface area (Å²) in [5.74, 6) is 1.10. The molecule has 0 N–H and O–H groups in total. The molecule has 1 aliphatic carbocycles. The largest absolute Gasteiger partial charge is 0.466 e. The van der Waals surface area contributed by atoms with Gasteiger partial charge in [0.05, 0.1) is 6.61 Å². The van der Waals surface area contributed by atoms with Gasteiger partial charge in [0.25, 0.3) is 0 Å². The number of hydrogen-bond acceptors (Lipinski definition) is 2. The fraction of sp³-hybridized carbons (Fsp3) is 0.562. The van der Waals surface area contributed by atoms with Crippen molar-refractivity contribution in [1.29, 1.82) is 0 Å². The van der Waals surface area contributed by atoms with Crippen molar-refractivity contribution in [2.75, 3.05) is 6.61 Å². The van der Waals surface area contributed by atoms with Crippen LogP contribution in [0.1, 0.15) is 49.7 Å². The van der Waals surface area contributed by atoms with Crippen LogP contribution < -0.4 is 0 Å². The molecule has 0 spiro atoms. The first-order chi connectivity index (χ1) is 8.69. The molecule has 1 unspecified atom stereocenters. The Hall–Kier alpha value is -1.31. The first kappa shape index (κ1) is 13.1. The van der Waals surface area contributed by atoms with Crippen LogP contribution >= 0.6 is 0 Å². The summed E-state index contributed by atoms with van der Waals surface area (Å²) in [6, 6.07) is 8.81. The van der Waals surface area contributed by atoms with Crippen LogP contribution in [0.25, 0.3) is 0 Å². The molecule has 2 heteroatoms. The maximum absolute atomic E-state index is 11.5. The van der Waals surface area contributed by atoms with E-state index in [1.54, 1.807) is 0 Å². The molecule has 0 bridgehead atoms. The third kappa shape index (κ3) is 3.34. The highest BCUT2D eigenvalue weighted by Gasteiger charge is 2.27. The molecule has 0 aliphatic heterocycles. The second-order valence-corrected chi connectivity index (χ2v) is 5.30. The lowest BCUT2D eigenvalue weighted by Gasteiger charge is -2.11. The molecule has 2 nitrogen and oxygen atoms in total. The third-order valence-corrected chi connectivity index (χ3v) is 3.85. The molecule has 0 heterocycles. The number of hydrogen-bond donors (Lipinski definition) is 0. The van der Waals surface area contributed by atoms with Crippen LogP contribution in [-0.2, 0) is 9.53 Å². The van der Waals surface area contributed by atoms with E-state index in [1.165, 1.54) is 17.5 Å². The number of esters is 1. The zero-order valence-electron chi connectivity index (χ0n) is 11.3. The molecule has 2 rings (SSSR count). The van der Waals surface area contributed by atoms with E-state index in [0.29, 0.717) is 24.9 Å². The summed E-state index contributed by atoms with van der Waals surface area (Å²) in [6.07, 6.45) is 4.07. The summed E-state index contributed by atoms with van der Waals surface area (Å²) in [7, 11) is 0. The monoisotopic (exact) mass is 246 g/mol. The van der Waals surface area contributed by atoms with E-state index in [0.717, 1.165) is 12.8 Å². The fourth-order valence-corrected chi connectivity index (χ4v) is 2.86. The van der Waals surface area contributed by atoms with Gasteiger partial charge in [0, 0.05) is 6.42 Å². The predicted octanol–water partition coefficient (Wildman–Crippen LogP) is 3.83. The Bertz CT molecular complexity index is 394. The number of rotatable bonds is 4. The fourth-order valence-electron chi connectivity index (χ4n) is 2.86. The minimum atomic E-state index is -0.0351. The van der Waals surface area contributed by atoms with E-state index in [2.05, 4.69) is 31.2 Å². The van der Waals surface area contributed by atoms with Gasteiger partial charge in [-0.25, -0.2) is 0 Å². The van der Waals surface area contributed by atoms with Gasteiger partial charge in [-0.2, -0.15) is 0 Å². The number of ether oxygens (including phenoxy) is 1. The average molecular weight is 246 g/mol. The maximum Gasteiger partial charge on any atom is 0.306 e. The molecule has 1 aromatic carbocycles. The van der Waals surface area contributed by atoms with Gasteiger partial charge in [0.1, 0.15) is 0 Å². The molecular weight excluding hydrogens is 224 g/mol. The van der Waals surface area contributed by atoms with Crippen LogP contribution in [0.4, 0.5) is 0 Å². The Morgan fingerprint density at radius 3 is 2.67 bits per heavy atom. The molecular formula is C16H22O2. The SMILES string of the molecule is CCOC(=O)CC1CC[C@@H](c2ccc(C)cc2)C1. The summed E-state index contributed by atoms with van der Waals surface area (Å²) in [5, 5.41) is 0. The third-order valence-electron chi connectivity index (χ3n) is 3.85. The highest BCUT2D eigenvalue weighted by atomic mass is 16.5. The van der Waals surface area contributed by atoms with Gasteiger partial charge in [-0.05, 0) is 50.5 Å². The van der Waals surface area contributed by atoms with Crippen LogP contribution in [0.15, 0.2) is 24.3 Å². The topological polar surface area (TPSA) is 26.3 Å². The van der Waals surface area contributed by atoms with Crippen LogP contribution in [0.3, 0.4) is 0 Å². The normalized spacial score (nSPS) is 23.0. The molecule has 1 aliphatic rings. The highest BCUT2D eigenvalue weighted by molar-refractivity contribution is 5.69. The number of carbonyl (C=O) groups excluding carboxylic acids is 1. The molecule has 0 saturated heterocycles. The van der Waals surface area contributed by atoms with Crippen molar-refractivity contribution >= 4 is 5.97 Å². The lowest BCUT2D eigenvalue weighted by molar-refractivity contribution is -0.144. The first-order valence-electron chi connectivity index (χ1n) is 6.91. The summed E-state index contributed by atoms with van der Waals surface area (Å²) in [5.41, 5.74) is 2.73. The van der Waals surface area contributed by atoms with Crippen molar-refractivity contribution in [2.24, 2.45) is 5.92 Å². The van der Waals surface area contributed by atoms with E-state index in [1.807, 2.05) is 6.92 Å². The van der Waals surface area contributed by atoms with Crippen molar-refractivity contribution in [3.05, 3.63) is 35.4 Å². The van der Waals surface area contributed by atoms with Crippen molar-refractivity contribution < 1.29 is 9.53 Å². The Balaban J connectivity index is 1.88. The van der Waals surface area contributed by atoms with E-state index in [9.17, 15) is 4.79 Å². The minimum absolute atomic E-state index is 0.0351. The molecule has 1 fully saturated rings. The van der Waals surface area contributed by atoms with Crippen LogP contribution in [0.2, 0.25) is 0 Å². The molecule has 0 radical (unpaired) electrons. The van der Waals surface area contributed by atoms with Gasteiger partial charge < -0.3 is 4.74 Å². The molecule has 0 aromatic heterocycles.